The summed E-state index contributed by atoms with van der Waals surface area (Å²) in [4.78, 5) is 24.6. The quantitative estimate of drug-likeness (QED) is 0.518. The molecule has 0 bridgehead atoms. The number of aryl methyl sites for hydroxylation is 1. The molecule has 0 aromatic heterocycles. The molecule has 3 aromatic carbocycles. The fourth-order valence-corrected chi connectivity index (χ4v) is 4.82. The molecular weight excluding hydrogens is 452 g/mol. The largest absolute Gasteiger partial charge is 0.465 e. The van der Waals surface area contributed by atoms with E-state index in [0.717, 1.165) is 4.31 Å². The van der Waals surface area contributed by atoms with Gasteiger partial charge in [0.05, 0.1) is 23.3 Å². The number of anilines is 2. The first-order chi connectivity index (χ1) is 15.2. The van der Waals surface area contributed by atoms with Gasteiger partial charge in [0.2, 0.25) is 5.91 Å². The van der Waals surface area contributed by atoms with Crippen LogP contribution >= 0.6 is 11.6 Å². The highest BCUT2D eigenvalue weighted by molar-refractivity contribution is 7.92. The molecule has 3 aromatic rings. The van der Waals surface area contributed by atoms with Crippen molar-refractivity contribution in [2.24, 2.45) is 0 Å². The van der Waals surface area contributed by atoms with Crippen LogP contribution in [0, 0.1) is 6.92 Å². The normalized spacial score (nSPS) is 11.0. The molecule has 0 atom stereocenters. The first-order valence-electron chi connectivity index (χ1n) is 9.54. The Bertz CT molecular complexity index is 1250. The van der Waals surface area contributed by atoms with Gasteiger partial charge < -0.3 is 10.1 Å². The monoisotopic (exact) mass is 472 g/mol. The Morgan fingerprint density at radius 3 is 2.38 bits per heavy atom. The van der Waals surface area contributed by atoms with Crippen LogP contribution in [0.4, 0.5) is 11.4 Å². The van der Waals surface area contributed by atoms with Crippen LogP contribution in [-0.2, 0) is 19.6 Å². The fourth-order valence-electron chi connectivity index (χ4n) is 3.09. The molecule has 0 aliphatic heterocycles. The van der Waals surface area contributed by atoms with Crippen molar-refractivity contribution in [3.8, 4) is 0 Å². The van der Waals surface area contributed by atoms with Crippen molar-refractivity contribution in [2.45, 2.75) is 11.8 Å². The molecule has 0 saturated heterocycles. The average Bonchev–Trinajstić information content (AvgIpc) is 2.78. The minimum absolute atomic E-state index is 0.0508. The second-order valence-corrected chi connectivity index (χ2v) is 9.17. The number of halogens is 1. The van der Waals surface area contributed by atoms with Crippen LogP contribution in [0.15, 0.2) is 77.7 Å². The Labute approximate surface area is 191 Å². The van der Waals surface area contributed by atoms with E-state index in [1.807, 2.05) is 0 Å². The van der Waals surface area contributed by atoms with Crippen LogP contribution in [0.3, 0.4) is 0 Å². The number of amides is 1. The van der Waals surface area contributed by atoms with Gasteiger partial charge in [0.25, 0.3) is 10.0 Å². The maximum atomic E-state index is 13.4. The summed E-state index contributed by atoms with van der Waals surface area (Å²) in [5.41, 5.74) is 1.52. The summed E-state index contributed by atoms with van der Waals surface area (Å²) in [5.74, 6) is -1.13. The van der Waals surface area contributed by atoms with Crippen molar-refractivity contribution < 1.29 is 22.7 Å². The molecule has 166 valence electrons. The molecule has 7 nitrogen and oxygen atoms in total. The van der Waals surface area contributed by atoms with Gasteiger partial charge in [-0.3, -0.25) is 9.10 Å². The predicted molar refractivity (Wildman–Crippen MR) is 124 cm³/mol. The predicted octanol–water partition coefficient (Wildman–Crippen LogP) is 4.27. The zero-order valence-corrected chi connectivity index (χ0v) is 19.0. The lowest BCUT2D eigenvalue weighted by Gasteiger charge is -2.25. The third kappa shape index (κ3) is 5.27. The zero-order valence-electron chi connectivity index (χ0n) is 17.4. The second kappa shape index (κ2) is 9.84. The summed E-state index contributed by atoms with van der Waals surface area (Å²) in [6.45, 7) is 1.23. The number of sulfonamides is 1. The number of rotatable bonds is 7. The Morgan fingerprint density at radius 1 is 1.00 bits per heavy atom. The fraction of sp³-hybridized carbons (Fsp3) is 0.130. The maximum Gasteiger partial charge on any atom is 0.337 e. The smallest absolute Gasteiger partial charge is 0.337 e. The maximum absolute atomic E-state index is 13.4. The highest BCUT2D eigenvalue weighted by atomic mass is 35.5. The summed E-state index contributed by atoms with van der Waals surface area (Å²) in [6.07, 6.45) is 0. The molecular formula is C23H21ClN2O5S. The molecule has 0 spiro atoms. The van der Waals surface area contributed by atoms with Gasteiger partial charge >= 0.3 is 5.97 Å². The molecule has 1 N–H and O–H groups in total. The Hall–Kier alpha value is -3.36. The van der Waals surface area contributed by atoms with E-state index in [-0.39, 0.29) is 10.5 Å². The summed E-state index contributed by atoms with van der Waals surface area (Å²) < 4.78 is 32.5. The highest BCUT2D eigenvalue weighted by Crippen LogP contribution is 2.29. The highest BCUT2D eigenvalue weighted by Gasteiger charge is 2.28. The van der Waals surface area contributed by atoms with E-state index in [2.05, 4.69) is 10.1 Å². The van der Waals surface area contributed by atoms with E-state index in [1.54, 1.807) is 61.5 Å². The standard InChI is InChI=1S/C23H21ClN2O5S/c1-16-13-18(24)11-12-21(16)26(32(29,30)20-9-4-3-5-10-20)15-22(27)25-19-8-6-7-17(14-19)23(28)31-2/h3-14H,15H2,1-2H3,(H,25,27). The van der Waals surface area contributed by atoms with Crippen molar-refractivity contribution >= 4 is 44.9 Å². The summed E-state index contributed by atoms with van der Waals surface area (Å²) in [7, 11) is -2.79. The molecule has 0 fully saturated rings. The molecule has 0 saturated carbocycles. The Balaban J connectivity index is 1.94. The van der Waals surface area contributed by atoms with E-state index in [4.69, 9.17) is 11.6 Å². The van der Waals surface area contributed by atoms with Gasteiger partial charge in [0, 0.05) is 10.7 Å². The van der Waals surface area contributed by atoms with Crippen LogP contribution in [0.25, 0.3) is 0 Å². The van der Waals surface area contributed by atoms with Crippen molar-refractivity contribution in [2.75, 3.05) is 23.3 Å². The topological polar surface area (TPSA) is 92.8 Å². The number of nitrogens with zero attached hydrogens (tertiary/aromatic N) is 1. The van der Waals surface area contributed by atoms with Gasteiger partial charge in [-0.2, -0.15) is 0 Å². The number of hydrogen-bond donors (Lipinski definition) is 1. The average molecular weight is 473 g/mol. The lowest BCUT2D eigenvalue weighted by atomic mass is 10.2. The molecule has 0 radical (unpaired) electrons. The third-order valence-electron chi connectivity index (χ3n) is 4.61. The van der Waals surface area contributed by atoms with Crippen molar-refractivity contribution in [3.05, 3.63) is 88.9 Å². The van der Waals surface area contributed by atoms with Crippen molar-refractivity contribution in [3.63, 3.8) is 0 Å². The number of carbonyl (C=O) groups excluding carboxylic acids is 2. The minimum Gasteiger partial charge on any atom is -0.465 e. The third-order valence-corrected chi connectivity index (χ3v) is 6.62. The molecule has 1 amide bonds. The van der Waals surface area contributed by atoms with Gasteiger partial charge in [-0.05, 0) is 61.0 Å². The Morgan fingerprint density at radius 2 is 1.72 bits per heavy atom. The lowest BCUT2D eigenvalue weighted by molar-refractivity contribution is -0.114. The minimum atomic E-state index is -4.05. The molecule has 0 heterocycles. The molecule has 32 heavy (non-hydrogen) atoms. The first kappa shape index (κ1) is 23.3. The molecule has 0 aliphatic carbocycles. The van der Waals surface area contributed by atoms with E-state index in [0.29, 0.717) is 22.0 Å². The number of benzene rings is 3. The number of nitrogens with one attached hydrogen (secondary N) is 1. The number of carbonyl (C=O) groups is 2. The number of esters is 1. The van der Waals surface area contributed by atoms with Gasteiger partial charge in [-0.25, -0.2) is 13.2 Å². The Kier molecular flexibility index (Phi) is 7.17. The molecule has 3 rings (SSSR count). The van der Waals surface area contributed by atoms with Crippen LogP contribution in [-0.4, -0.2) is 33.9 Å². The molecule has 9 heteroatoms. The summed E-state index contributed by atoms with van der Waals surface area (Å²) in [5, 5.41) is 3.09. The number of methoxy groups -OCH3 is 1. The van der Waals surface area contributed by atoms with E-state index in [1.165, 1.54) is 25.3 Å². The van der Waals surface area contributed by atoms with Crippen LogP contribution < -0.4 is 9.62 Å². The van der Waals surface area contributed by atoms with E-state index >= 15 is 0 Å². The second-order valence-electron chi connectivity index (χ2n) is 6.88. The lowest BCUT2D eigenvalue weighted by Crippen LogP contribution is -2.38. The van der Waals surface area contributed by atoms with Gasteiger partial charge in [0.15, 0.2) is 0 Å². The van der Waals surface area contributed by atoms with Crippen LogP contribution in [0.5, 0.6) is 0 Å². The van der Waals surface area contributed by atoms with Gasteiger partial charge in [-0.15, -0.1) is 0 Å². The summed E-state index contributed by atoms with van der Waals surface area (Å²) in [6, 6.07) is 18.8. The SMILES string of the molecule is COC(=O)c1cccc(NC(=O)CN(c2ccc(Cl)cc2C)S(=O)(=O)c2ccccc2)c1. The number of hydrogen-bond acceptors (Lipinski definition) is 5. The van der Waals surface area contributed by atoms with Gasteiger partial charge in [-0.1, -0.05) is 35.9 Å². The molecule has 0 unspecified atom stereocenters. The molecule has 0 aliphatic rings. The van der Waals surface area contributed by atoms with Crippen LogP contribution in [0.1, 0.15) is 15.9 Å². The van der Waals surface area contributed by atoms with Gasteiger partial charge in [0.1, 0.15) is 6.54 Å². The van der Waals surface area contributed by atoms with Crippen molar-refractivity contribution in [1.82, 2.24) is 0 Å². The van der Waals surface area contributed by atoms with E-state index in [9.17, 15) is 18.0 Å². The van der Waals surface area contributed by atoms with E-state index < -0.39 is 28.4 Å². The van der Waals surface area contributed by atoms with Crippen molar-refractivity contribution in [1.29, 1.82) is 0 Å². The van der Waals surface area contributed by atoms with Crippen LogP contribution in [0.2, 0.25) is 5.02 Å². The number of ether oxygens (including phenoxy) is 1. The first-order valence-corrected chi connectivity index (χ1v) is 11.4. The zero-order chi connectivity index (χ0) is 23.3. The summed E-state index contributed by atoms with van der Waals surface area (Å²) >= 11 is 6.03.